The summed E-state index contributed by atoms with van der Waals surface area (Å²) in [6.07, 6.45) is 0. The van der Waals surface area contributed by atoms with Crippen molar-refractivity contribution >= 4 is 66.0 Å². The molecule has 0 saturated carbocycles. The van der Waals surface area contributed by atoms with Crippen LogP contribution in [0, 0.1) is 0 Å². The van der Waals surface area contributed by atoms with Crippen molar-refractivity contribution < 1.29 is 4.42 Å². The summed E-state index contributed by atoms with van der Waals surface area (Å²) in [6.45, 7) is 0. The Kier molecular flexibility index (Phi) is 10.3. The minimum Gasteiger partial charge on any atom is -0.416 e. The van der Waals surface area contributed by atoms with Gasteiger partial charge >= 0.3 is 0 Å². The maximum Gasteiger partial charge on any atom is 0.248 e. The molecule has 0 N–H and O–H groups in total. The Hall–Kier alpha value is -6.54. The van der Waals surface area contributed by atoms with Crippen molar-refractivity contribution in [3.8, 4) is 45.2 Å². The van der Waals surface area contributed by atoms with E-state index in [0.717, 1.165) is 76.5 Å². The molecule has 0 fully saturated rings. The second-order valence-corrected chi connectivity index (χ2v) is 15.3. The van der Waals surface area contributed by atoms with Gasteiger partial charge in [-0.05, 0) is 144 Å². The first-order chi connectivity index (χ1) is 28.1. The minimum atomic E-state index is 0.480. The topological polar surface area (TPSA) is 45.4 Å². The van der Waals surface area contributed by atoms with Crippen LogP contribution in [0.25, 0.3) is 45.2 Å². The fourth-order valence-electron chi connectivity index (χ4n) is 6.90. The van der Waals surface area contributed by atoms with E-state index in [1.807, 2.05) is 36.4 Å². The zero-order chi connectivity index (χ0) is 38.6. The van der Waals surface area contributed by atoms with Gasteiger partial charge in [0.2, 0.25) is 11.8 Å². The van der Waals surface area contributed by atoms with Crippen LogP contribution in [0.2, 0.25) is 0 Å². The number of hydrogen-bond acceptors (Lipinski definition) is 5. The van der Waals surface area contributed by atoms with Gasteiger partial charge in [0.15, 0.2) is 0 Å². The molecule has 0 aliphatic heterocycles. The van der Waals surface area contributed by atoms with Gasteiger partial charge in [0, 0.05) is 54.2 Å². The van der Waals surface area contributed by atoms with Gasteiger partial charge in [0.25, 0.3) is 0 Å². The van der Waals surface area contributed by atoms with E-state index in [0.29, 0.717) is 11.8 Å². The number of halogens is 2. The van der Waals surface area contributed by atoms with E-state index >= 15 is 0 Å². The zero-order valence-electron chi connectivity index (χ0n) is 30.6. The number of hydrogen-bond donors (Lipinski definition) is 0. The molecule has 274 valence electrons. The van der Waals surface area contributed by atoms with Gasteiger partial charge in [-0.15, -0.1) is 10.2 Å². The Morgan fingerprint density at radius 3 is 0.842 bits per heavy atom. The molecule has 0 radical (unpaired) electrons. The molecular weight excluding hydrogens is 832 g/mol. The molecule has 1 aromatic heterocycles. The molecular formula is C50H34Br2N4O. The zero-order valence-corrected chi connectivity index (χ0v) is 33.8. The van der Waals surface area contributed by atoms with E-state index in [1.54, 1.807) is 0 Å². The van der Waals surface area contributed by atoms with Gasteiger partial charge in [0.05, 0.1) is 0 Å². The molecule has 7 heteroatoms. The summed E-state index contributed by atoms with van der Waals surface area (Å²) >= 11 is 7.13. The van der Waals surface area contributed by atoms with Gasteiger partial charge in [0.1, 0.15) is 0 Å². The van der Waals surface area contributed by atoms with Crippen LogP contribution in [0.3, 0.4) is 0 Å². The molecule has 0 spiro atoms. The van der Waals surface area contributed by atoms with Crippen molar-refractivity contribution in [2.75, 3.05) is 9.80 Å². The summed E-state index contributed by atoms with van der Waals surface area (Å²) in [5, 5.41) is 8.78. The highest BCUT2D eigenvalue weighted by atomic mass is 79.9. The van der Waals surface area contributed by atoms with Gasteiger partial charge < -0.3 is 14.2 Å². The Bertz CT molecular complexity index is 2510. The van der Waals surface area contributed by atoms with Gasteiger partial charge in [-0.2, -0.15) is 0 Å². The normalized spacial score (nSPS) is 11.0. The second-order valence-electron chi connectivity index (χ2n) is 13.5. The van der Waals surface area contributed by atoms with Gasteiger partial charge in [-0.1, -0.05) is 117 Å². The Labute approximate surface area is 348 Å². The highest BCUT2D eigenvalue weighted by Crippen LogP contribution is 2.38. The number of nitrogens with zero attached hydrogens (tertiary/aromatic N) is 4. The van der Waals surface area contributed by atoms with Gasteiger partial charge in [-0.3, -0.25) is 0 Å². The highest BCUT2D eigenvalue weighted by molar-refractivity contribution is 9.10. The average Bonchev–Trinajstić information content (AvgIpc) is 3.77. The molecule has 9 rings (SSSR count). The molecule has 5 nitrogen and oxygen atoms in total. The number of rotatable bonds is 10. The maximum absolute atomic E-state index is 6.17. The summed E-state index contributed by atoms with van der Waals surface area (Å²) in [7, 11) is 0. The van der Waals surface area contributed by atoms with E-state index in [2.05, 4.69) is 222 Å². The van der Waals surface area contributed by atoms with E-state index < -0.39 is 0 Å². The molecule has 0 aliphatic rings. The van der Waals surface area contributed by atoms with E-state index in [4.69, 9.17) is 4.42 Å². The quantitative estimate of drug-likeness (QED) is 0.137. The lowest BCUT2D eigenvalue weighted by atomic mass is 10.0. The second kappa shape index (κ2) is 16.3. The van der Waals surface area contributed by atoms with Crippen LogP contribution in [0.4, 0.5) is 34.1 Å². The smallest absolute Gasteiger partial charge is 0.248 e. The van der Waals surface area contributed by atoms with Crippen molar-refractivity contribution in [3.63, 3.8) is 0 Å². The average molecular weight is 867 g/mol. The van der Waals surface area contributed by atoms with Crippen molar-refractivity contribution in [2.24, 2.45) is 0 Å². The third-order valence-electron chi connectivity index (χ3n) is 9.80. The van der Waals surface area contributed by atoms with Crippen LogP contribution in [0.1, 0.15) is 0 Å². The van der Waals surface area contributed by atoms with E-state index in [9.17, 15) is 0 Å². The SMILES string of the molecule is Brc1ccc(N(c2ccccc2)c2ccc(-c3ccc(-c4nnc(-c5ccc(-c6ccc(N(c7ccccc7)c7ccc(Br)cc7)cc6)cc5)o4)cc3)cc2)cc1. The summed E-state index contributed by atoms with van der Waals surface area (Å²) in [6, 6.07) is 71.3. The Morgan fingerprint density at radius 1 is 0.281 bits per heavy atom. The molecule has 57 heavy (non-hydrogen) atoms. The van der Waals surface area contributed by atoms with Crippen LogP contribution in [0.15, 0.2) is 220 Å². The van der Waals surface area contributed by atoms with Crippen molar-refractivity contribution in [1.82, 2.24) is 10.2 Å². The predicted molar refractivity (Wildman–Crippen MR) is 241 cm³/mol. The molecule has 0 atom stereocenters. The number of aromatic nitrogens is 2. The van der Waals surface area contributed by atoms with Crippen LogP contribution >= 0.6 is 31.9 Å². The largest absolute Gasteiger partial charge is 0.416 e. The van der Waals surface area contributed by atoms with Crippen molar-refractivity contribution in [2.45, 2.75) is 0 Å². The lowest BCUT2D eigenvalue weighted by molar-refractivity contribution is 0.584. The first-order valence-corrected chi connectivity index (χ1v) is 20.1. The van der Waals surface area contributed by atoms with E-state index in [-0.39, 0.29) is 0 Å². The fraction of sp³-hybridized carbons (Fsp3) is 0. The van der Waals surface area contributed by atoms with Crippen LogP contribution < -0.4 is 9.80 Å². The van der Waals surface area contributed by atoms with Crippen LogP contribution in [-0.2, 0) is 0 Å². The first kappa shape index (κ1) is 36.1. The minimum absolute atomic E-state index is 0.480. The summed E-state index contributed by atoms with van der Waals surface area (Å²) in [5.74, 6) is 0.960. The highest BCUT2D eigenvalue weighted by Gasteiger charge is 2.15. The molecule has 0 bridgehead atoms. The molecule has 9 aromatic rings. The summed E-state index contributed by atoms with van der Waals surface area (Å²) in [5.41, 5.74) is 12.7. The van der Waals surface area contributed by atoms with Crippen LogP contribution in [0.5, 0.6) is 0 Å². The standard InChI is InChI=1S/C50H34Br2N4O/c51-41-23-31-47(32-24-41)55(43-7-3-1-4-8-43)45-27-19-37(20-28-45)35-11-15-39(16-12-35)49-53-54-50(57-49)40-17-13-36(14-18-40)38-21-29-46(30-22-38)56(44-9-5-2-6-10-44)48-33-25-42(52)26-34-48/h1-34H. The lowest BCUT2D eigenvalue weighted by Gasteiger charge is -2.25. The van der Waals surface area contributed by atoms with Gasteiger partial charge in [-0.25, -0.2) is 0 Å². The van der Waals surface area contributed by atoms with Crippen LogP contribution in [-0.4, -0.2) is 10.2 Å². The molecule has 1 heterocycles. The lowest BCUT2D eigenvalue weighted by Crippen LogP contribution is -2.09. The summed E-state index contributed by atoms with van der Waals surface area (Å²) < 4.78 is 8.27. The molecule has 8 aromatic carbocycles. The maximum atomic E-state index is 6.17. The molecule has 0 unspecified atom stereocenters. The summed E-state index contributed by atoms with van der Waals surface area (Å²) in [4.78, 5) is 4.51. The Morgan fingerprint density at radius 2 is 0.526 bits per heavy atom. The molecule has 0 aliphatic carbocycles. The van der Waals surface area contributed by atoms with Crippen molar-refractivity contribution in [1.29, 1.82) is 0 Å². The monoisotopic (exact) mass is 864 g/mol. The molecule has 0 saturated heterocycles. The number of para-hydroxylation sites is 2. The molecule has 0 amide bonds. The first-order valence-electron chi connectivity index (χ1n) is 18.5. The third kappa shape index (κ3) is 7.94. The predicted octanol–water partition coefficient (Wildman–Crippen LogP) is 15.2. The number of benzene rings is 8. The fourth-order valence-corrected chi connectivity index (χ4v) is 7.43. The Balaban J connectivity index is 0.891. The van der Waals surface area contributed by atoms with E-state index in [1.165, 1.54) is 0 Å². The number of anilines is 6. The third-order valence-corrected chi connectivity index (χ3v) is 10.9. The van der Waals surface area contributed by atoms with Crippen molar-refractivity contribution in [3.05, 3.63) is 215 Å².